The number of imidazole rings is 2. The van der Waals surface area contributed by atoms with Crippen LogP contribution in [0.3, 0.4) is 0 Å². The number of aliphatic hydroxyl groups is 1. The van der Waals surface area contributed by atoms with Crippen LogP contribution < -0.4 is 17.0 Å². The summed E-state index contributed by atoms with van der Waals surface area (Å²) in [6.45, 7) is -6.37. The second-order valence-corrected chi connectivity index (χ2v) is 14.6. The second-order valence-electron chi connectivity index (χ2n) is 9.92. The van der Waals surface area contributed by atoms with E-state index in [1.54, 1.807) is 0 Å². The zero-order valence-corrected chi connectivity index (χ0v) is 26.2. The highest BCUT2D eigenvalue weighted by molar-refractivity contribution is 8.07. The highest BCUT2D eigenvalue weighted by atomic mass is 32.5. The molecule has 0 saturated carbocycles. The average Bonchev–Trinajstić information content (AvgIpc) is 3.72. The summed E-state index contributed by atoms with van der Waals surface area (Å²) in [5, 5.41) is 10.5. The molecule has 4 aromatic heterocycles. The maximum atomic E-state index is 15.8. The van der Waals surface area contributed by atoms with Crippen molar-refractivity contribution in [1.29, 1.82) is 0 Å². The molecule has 46 heavy (non-hydrogen) atoms. The van der Waals surface area contributed by atoms with Gasteiger partial charge in [-0.3, -0.25) is 23.4 Å². The van der Waals surface area contributed by atoms with Gasteiger partial charge in [0.2, 0.25) is 5.95 Å². The molecule has 9 atom stereocenters. The molecule has 6 heterocycles. The number of hydrogen-bond donors (Lipinski definition) is 6. The fourth-order valence-electron chi connectivity index (χ4n) is 4.93. The van der Waals surface area contributed by atoms with Crippen LogP contribution in [-0.2, 0) is 46.7 Å². The molecular formula is C20H23F3N10O9P2S2. The first kappa shape index (κ1) is 33.2. The zero-order chi connectivity index (χ0) is 33.1. The standard InChI is InChI=1S/C20H23F3N10O9P2S2/c21-8-11(34)6(40-17(8)32-4-28-9-13(24)26-3-27-14(9)32)1-39-44(37,46)42-12-18(41-7(20(12,22)23)2-38-43(36)45)33-5-29-10-15(33)30-19(25)31-16(10)35/h3-8,11-12,17-18,34,43H,1-2H2,(H,36,45)(H,37,46)(H2,24,26,27)(H3,25,30,31,35)/t6-,7-,8+,11-,12+,17-,18-,44?/m1/s1. The minimum atomic E-state index is -4.68. The number of H-pyrrole nitrogens is 1. The second kappa shape index (κ2) is 12.4. The number of ether oxygens (including phenoxy) is 2. The quantitative estimate of drug-likeness (QED) is 0.111. The SMILES string of the molecule is Nc1nc2c(ncn2[C@@H]2O[C@H](CO[PH](O)=S)C(F)(F)[C@H]2OP(O)(=S)OC[C@H]2O[C@@H](n3cnc4c(N)ncnc43)[C@@H](F)[C@@H]2O)c(=O)[nH]1. The average molecular weight is 731 g/mol. The Morgan fingerprint density at radius 1 is 1.11 bits per heavy atom. The van der Waals surface area contributed by atoms with E-state index in [4.69, 9.17) is 46.3 Å². The summed E-state index contributed by atoms with van der Waals surface area (Å²) < 4.78 is 75.2. The summed E-state index contributed by atoms with van der Waals surface area (Å²) in [5.41, 5.74) is 10.3. The predicted molar refractivity (Wildman–Crippen MR) is 157 cm³/mol. The smallest absolute Gasteiger partial charge is 0.325 e. The lowest BCUT2D eigenvalue weighted by Crippen LogP contribution is -2.42. The van der Waals surface area contributed by atoms with Crippen LogP contribution in [0.15, 0.2) is 23.8 Å². The summed E-state index contributed by atoms with van der Waals surface area (Å²) in [4.78, 5) is 54.4. The van der Waals surface area contributed by atoms with Crippen LogP contribution in [0.1, 0.15) is 12.5 Å². The van der Waals surface area contributed by atoms with E-state index >= 15 is 13.2 Å². The lowest BCUT2D eigenvalue weighted by Gasteiger charge is -2.28. The Labute approximate surface area is 264 Å². The third-order valence-corrected chi connectivity index (χ3v) is 9.37. The number of nitrogen functional groups attached to an aromatic ring is 2. The Bertz CT molecular complexity index is 1920. The highest BCUT2D eigenvalue weighted by Gasteiger charge is 2.62. The predicted octanol–water partition coefficient (Wildman–Crippen LogP) is -0.613. The summed E-state index contributed by atoms with van der Waals surface area (Å²) >= 11 is 9.55. The molecule has 19 nitrogen and oxygen atoms in total. The fourth-order valence-corrected chi connectivity index (χ4v) is 6.81. The van der Waals surface area contributed by atoms with Gasteiger partial charge in [0.1, 0.15) is 24.1 Å². The number of aliphatic hydroxyl groups excluding tert-OH is 1. The number of alkyl halides is 3. The molecule has 6 rings (SSSR count). The fraction of sp³-hybridized carbons (Fsp3) is 0.500. The summed E-state index contributed by atoms with van der Waals surface area (Å²) in [5.74, 6) is -4.34. The van der Waals surface area contributed by atoms with Gasteiger partial charge in [0.15, 0.2) is 60.6 Å². The first-order valence-electron chi connectivity index (χ1n) is 12.9. The molecule has 250 valence electrons. The Kier molecular flexibility index (Phi) is 8.93. The largest absolute Gasteiger partial charge is 0.387 e. The van der Waals surface area contributed by atoms with E-state index in [9.17, 15) is 19.7 Å². The number of rotatable bonds is 10. The van der Waals surface area contributed by atoms with Gasteiger partial charge in [-0.2, -0.15) is 4.98 Å². The highest BCUT2D eigenvalue weighted by Crippen LogP contribution is 2.54. The Morgan fingerprint density at radius 3 is 2.52 bits per heavy atom. The molecule has 0 amide bonds. The first-order valence-corrected chi connectivity index (χ1v) is 17.9. The van der Waals surface area contributed by atoms with E-state index in [-0.39, 0.29) is 34.1 Å². The van der Waals surface area contributed by atoms with Crippen LogP contribution in [-0.4, -0.2) is 104 Å². The normalized spacial score (nSPS) is 29.8. The molecule has 0 spiro atoms. The van der Waals surface area contributed by atoms with Crippen LogP contribution in [0, 0.1) is 0 Å². The van der Waals surface area contributed by atoms with Gasteiger partial charge < -0.3 is 44.9 Å². The lowest BCUT2D eigenvalue weighted by atomic mass is 10.1. The molecule has 0 radical (unpaired) electrons. The van der Waals surface area contributed by atoms with Crippen LogP contribution in [0.2, 0.25) is 0 Å². The Morgan fingerprint density at radius 2 is 1.80 bits per heavy atom. The van der Waals surface area contributed by atoms with Crippen molar-refractivity contribution in [2.45, 2.75) is 49.0 Å². The number of anilines is 2. The Hall–Kier alpha value is -2.73. The van der Waals surface area contributed by atoms with Crippen molar-refractivity contribution in [2.24, 2.45) is 0 Å². The molecule has 4 aromatic rings. The molecule has 26 heteroatoms. The number of halogens is 3. The molecule has 0 aliphatic carbocycles. The minimum Gasteiger partial charge on any atom is -0.387 e. The number of nitrogens with one attached hydrogen (secondary N) is 1. The van der Waals surface area contributed by atoms with Gasteiger partial charge in [0, 0.05) is 0 Å². The summed E-state index contributed by atoms with van der Waals surface area (Å²) in [7, 11) is -2.84. The van der Waals surface area contributed by atoms with Gasteiger partial charge >= 0.3 is 12.6 Å². The maximum Gasteiger partial charge on any atom is 0.325 e. The van der Waals surface area contributed by atoms with Gasteiger partial charge in [-0.15, -0.1) is 0 Å². The van der Waals surface area contributed by atoms with Crippen molar-refractivity contribution in [3.63, 3.8) is 0 Å². The monoisotopic (exact) mass is 730 g/mol. The molecule has 8 N–H and O–H groups in total. The molecule has 2 unspecified atom stereocenters. The summed E-state index contributed by atoms with van der Waals surface area (Å²) in [6.07, 6.45) is -10.00. The third-order valence-electron chi connectivity index (χ3n) is 7.06. The molecule has 0 bridgehead atoms. The van der Waals surface area contributed by atoms with Gasteiger partial charge in [-0.05, 0) is 23.6 Å². The van der Waals surface area contributed by atoms with Crippen molar-refractivity contribution < 1.29 is 51.1 Å². The van der Waals surface area contributed by atoms with Crippen LogP contribution in [0.25, 0.3) is 22.3 Å². The number of hydrogen-bond acceptors (Lipinski definition) is 16. The van der Waals surface area contributed by atoms with Crippen LogP contribution >= 0.6 is 13.9 Å². The molecule has 2 fully saturated rings. The van der Waals surface area contributed by atoms with E-state index in [0.29, 0.717) is 0 Å². The van der Waals surface area contributed by atoms with Crippen LogP contribution in [0.5, 0.6) is 0 Å². The summed E-state index contributed by atoms with van der Waals surface area (Å²) in [6, 6.07) is 0. The van der Waals surface area contributed by atoms with Crippen molar-refractivity contribution in [3.05, 3.63) is 29.3 Å². The number of aromatic nitrogens is 8. The van der Waals surface area contributed by atoms with E-state index in [2.05, 4.69) is 41.7 Å². The van der Waals surface area contributed by atoms with Crippen LogP contribution in [0.4, 0.5) is 24.9 Å². The lowest BCUT2D eigenvalue weighted by molar-refractivity contribution is -0.117. The number of fused-ring (bicyclic) bond motifs is 2. The van der Waals surface area contributed by atoms with Crippen molar-refractivity contribution >= 4 is 71.6 Å². The molecular weight excluding hydrogens is 707 g/mol. The number of aromatic amines is 1. The topological polar surface area (TPSA) is 266 Å². The molecule has 0 aromatic carbocycles. The third kappa shape index (κ3) is 6.04. The van der Waals surface area contributed by atoms with E-state index < -0.39 is 81.6 Å². The molecule has 2 saturated heterocycles. The van der Waals surface area contributed by atoms with Gasteiger partial charge in [-0.1, -0.05) is 0 Å². The van der Waals surface area contributed by atoms with Gasteiger partial charge in [0.25, 0.3) is 5.56 Å². The van der Waals surface area contributed by atoms with E-state index in [1.165, 1.54) is 10.9 Å². The molecule has 2 aliphatic rings. The maximum absolute atomic E-state index is 15.8. The minimum absolute atomic E-state index is 0.0205. The van der Waals surface area contributed by atoms with Crippen molar-refractivity contribution in [1.82, 2.24) is 39.0 Å². The zero-order valence-electron chi connectivity index (χ0n) is 22.7. The molecule has 2 aliphatic heterocycles. The van der Waals surface area contributed by atoms with Crippen molar-refractivity contribution in [2.75, 3.05) is 24.7 Å². The number of nitrogens with two attached hydrogens (primary N) is 2. The first-order chi connectivity index (χ1) is 21.7. The van der Waals surface area contributed by atoms with E-state index in [1.807, 2.05) is 0 Å². The van der Waals surface area contributed by atoms with Crippen molar-refractivity contribution in [3.8, 4) is 0 Å². The van der Waals surface area contributed by atoms with E-state index in [0.717, 1.165) is 17.2 Å². The Balaban J connectivity index is 1.23. The van der Waals surface area contributed by atoms with Gasteiger partial charge in [0.05, 0.1) is 25.9 Å². The number of nitrogens with zero attached hydrogens (tertiary/aromatic N) is 7. The van der Waals surface area contributed by atoms with Gasteiger partial charge in [-0.25, -0.2) is 33.1 Å².